The van der Waals surface area contributed by atoms with Crippen LogP contribution in [0.4, 0.5) is 4.79 Å². The van der Waals surface area contributed by atoms with Crippen molar-refractivity contribution in [3.63, 3.8) is 0 Å². The standard InChI is InChI=1S/C17H26N2O3/c1-5-21-15-10-9-13(12-18-15)14-8-6-7-11-19(14)16(20)22-17(2,3)4/h9-10,12,14H,5-8,11H2,1-4H3/t14-/m1/s1. The summed E-state index contributed by atoms with van der Waals surface area (Å²) in [7, 11) is 0. The van der Waals surface area contributed by atoms with E-state index in [0.717, 1.165) is 31.4 Å². The molecule has 2 heterocycles. The maximum Gasteiger partial charge on any atom is 0.410 e. The number of amides is 1. The molecule has 1 aromatic rings. The summed E-state index contributed by atoms with van der Waals surface area (Å²) >= 11 is 0. The molecule has 1 aliphatic heterocycles. The topological polar surface area (TPSA) is 51.7 Å². The van der Waals surface area contributed by atoms with Gasteiger partial charge < -0.3 is 14.4 Å². The number of likely N-dealkylation sites (tertiary alicyclic amines) is 1. The monoisotopic (exact) mass is 306 g/mol. The number of piperidine rings is 1. The van der Waals surface area contributed by atoms with Crippen LogP contribution in [0, 0.1) is 0 Å². The summed E-state index contributed by atoms with van der Waals surface area (Å²) in [6, 6.07) is 3.89. The van der Waals surface area contributed by atoms with Crippen LogP contribution >= 0.6 is 0 Å². The Labute approximate surface area is 132 Å². The van der Waals surface area contributed by atoms with Crippen molar-refractivity contribution in [1.82, 2.24) is 9.88 Å². The van der Waals surface area contributed by atoms with E-state index in [4.69, 9.17) is 9.47 Å². The molecule has 5 heteroatoms. The first-order chi connectivity index (χ1) is 10.4. The fraction of sp³-hybridized carbons (Fsp3) is 0.647. The quantitative estimate of drug-likeness (QED) is 0.848. The van der Waals surface area contributed by atoms with Gasteiger partial charge in [0.15, 0.2) is 0 Å². The van der Waals surface area contributed by atoms with Crippen molar-refractivity contribution in [3.05, 3.63) is 23.9 Å². The lowest BCUT2D eigenvalue weighted by Crippen LogP contribution is -2.41. The van der Waals surface area contributed by atoms with Gasteiger partial charge in [0.2, 0.25) is 5.88 Å². The second-order valence-electron chi connectivity index (χ2n) is 6.55. The Hall–Kier alpha value is -1.78. The Balaban J connectivity index is 2.13. The maximum absolute atomic E-state index is 12.4. The molecule has 0 radical (unpaired) electrons. The van der Waals surface area contributed by atoms with Crippen LogP contribution in [0.5, 0.6) is 5.88 Å². The first kappa shape index (κ1) is 16.6. The third kappa shape index (κ3) is 4.36. The van der Waals surface area contributed by atoms with Crippen molar-refractivity contribution in [3.8, 4) is 5.88 Å². The van der Waals surface area contributed by atoms with Crippen LogP contribution in [-0.2, 0) is 4.74 Å². The third-order valence-corrected chi connectivity index (χ3v) is 3.57. The molecule has 1 aromatic heterocycles. The van der Waals surface area contributed by atoms with E-state index in [0.29, 0.717) is 12.5 Å². The molecule has 2 rings (SSSR count). The number of pyridine rings is 1. The lowest BCUT2D eigenvalue weighted by atomic mass is 9.97. The van der Waals surface area contributed by atoms with Crippen molar-refractivity contribution >= 4 is 6.09 Å². The predicted octanol–water partition coefficient (Wildman–Crippen LogP) is 3.94. The minimum Gasteiger partial charge on any atom is -0.478 e. The number of carbonyl (C=O) groups excluding carboxylic acids is 1. The van der Waals surface area contributed by atoms with Gasteiger partial charge in [-0.25, -0.2) is 9.78 Å². The van der Waals surface area contributed by atoms with Crippen LogP contribution in [0.1, 0.15) is 58.6 Å². The van der Waals surface area contributed by atoms with E-state index in [1.165, 1.54) is 0 Å². The summed E-state index contributed by atoms with van der Waals surface area (Å²) < 4.78 is 10.9. The Bertz CT molecular complexity index is 494. The highest BCUT2D eigenvalue weighted by molar-refractivity contribution is 5.69. The Morgan fingerprint density at radius 1 is 1.36 bits per heavy atom. The zero-order chi connectivity index (χ0) is 16.2. The van der Waals surface area contributed by atoms with Crippen molar-refractivity contribution < 1.29 is 14.3 Å². The van der Waals surface area contributed by atoms with Crippen molar-refractivity contribution in [2.45, 2.75) is 58.6 Å². The zero-order valence-corrected chi connectivity index (χ0v) is 14.0. The Morgan fingerprint density at radius 3 is 2.73 bits per heavy atom. The Kier molecular flexibility index (Phi) is 5.27. The van der Waals surface area contributed by atoms with Gasteiger partial charge in [-0.15, -0.1) is 0 Å². The smallest absolute Gasteiger partial charge is 0.410 e. The first-order valence-corrected chi connectivity index (χ1v) is 7.99. The summed E-state index contributed by atoms with van der Waals surface area (Å²) in [5.74, 6) is 0.617. The van der Waals surface area contributed by atoms with Crippen LogP contribution in [0.2, 0.25) is 0 Å². The lowest BCUT2D eigenvalue weighted by molar-refractivity contribution is 0.00948. The van der Waals surface area contributed by atoms with Gasteiger partial charge in [0, 0.05) is 18.8 Å². The van der Waals surface area contributed by atoms with Gasteiger partial charge in [0.1, 0.15) is 5.60 Å². The largest absolute Gasteiger partial charge is 0.478 e. The Morgan fingerprint density at radius 2 is 2.14 bits per heavy atom. The molecule has 0 aliphatic carbocycles. The number of rotatable bonds is 3. The fourth-order valence-corrected chi connectivity index (χ4v) is 2.64. The first-order valence-electron chi connectivity index (χ1n) is 7.99. The molecule has 0 unspecified atom stereocenters. The lowest BCUT2D eigenvalue weighted by Gasteiger charge is -2.36. The average molecular weight is 306 g/mol. The molecule has 5 nitrogen and oxygen atoms in total. The fourth-order valence-electron chi connectivity index (χ4n) is 2.64. The summed E-state index contributed by atoms with van der Waals surface area (Å²) in [4.78, 5) is 18.6. The average Bonchev–Trinajstić information content (AvgIpc) is 2.47. The third-order valence-electron chi connectivity index (χ3n) is 3.57. The molecular weight excluding hydrogens is 280 g/mol. The summed E-state index contributed by atoms with van der Waals surface area (Å²) in [5.41, 5.74) is 0.560. The normalized spacial score (nSPS) is 18.9. The summed E-state index contributed by atoms with van der Waals surface area (Å²) in [6.07, 6.45) is 4.62. The second-order valence-corrected chi connectivity index (χ2v) is 6.55. The van der Waals surface area contributed by atoms with Crippen molar-refractivity contribution in [1.29, 1.82) is 0 Å². The van der Waals surface area contributed by atoms with E-state index in [2.05, 4.69) is 4.98 Å². The predicted molar refractivity (Wildman–Crippen MR) is 84.9 cm³/mol. The highest BCUT2D eigenvalue weighted by Gasteiger charge is 2.31. The highest BCUT2D eigenvalue weighted by Crippen LogP contribution is 2.32. The van der Waals surface area contributed by atoms with Crippen LogP contribution in [0.25, 0.3) is 0 Å². The van der Waals surface area contributed by atoms with Gasteiger partial charge >= 0.3 is 6.09 Å². The molecule has 122 valence electrons. The molecule has 0 bridgehead atoms. The highest BCUT2D eigenvalue weighted by atomic mass is 16.6. The molecular formula is C17H26N2O3. The van der Waals surface area contributed by atoms with Gasteiger partial charge in [-0.3, -0.25) is 0 Å². The van der Waals surface area contributed by atoms with Crippen molar-refractivity contribution in [2.75, 3.05) is 13.2 Å². The van der Waals surface area contributed by atoms with Crippen LogP contribution in [-0.4, -0.2) is 34.7 Å². The summed E-state index contributed by atoms with van der Waals surface area (Å²) in [5, 5.41) is 0. The molecule has 0 spiro atoms. The molecule has 1 atom stereocenters. The van der Waals surface area contributed by atoms with Gasteiger partial charge in [0.25, 0.3) is 0 Å². The van der Waals surface area contributed by atoms with E-state index in [9.17, 15) is 4.79 Å². The van der Waals surface area contributed by atoms with Gasteiger partial charge in [0.05, 0.1) is 12.6 Å². The van der Waals surface area contributed by atoms with E-state index in [1.807, 2.05) is 44.7 Å². The molecule has 1 fully saturated rings. The minimum absolute atomic E-state index is 0.0341. The molecule has 0 N–H and O–H groups in total. The molecule has 0 saturated carbocycles. The second kappa shape index (κ2) is 6.99. The van der Waals surface area contributed by atoms with Crippen LogP contribution < -0.4 is 4.74 Å². The number of aromatic nitrogens is 1. The zero-order valence-electron chi connectivity index (χ0n) is 14.0. The van der Waals surface area contributed by atoms with E-state index in [-0.39, 0.29) is 12.1 Å². The maximum atomic E-state index is 12.4. The SMILES string of the molecule is CCOc1ccc([C@H]2CCCCN2C(=O)OC(C)(C)C)cn1. The van der Waals surface area contributed by atoms with E-state index in [1.54, 1.807) is 6.20 Å². The molecule has 1 saturated heterocycles. The molecule has 0 aromatic carbocycles. The molecule has 1 amide bonds. The number of ether oxygens (including phenoxy) is 2. The number of carbonyl (C=O) groups is 1. The molecule has 22 heavy (non-hydrogen) atoms. The van der Waals surface area contributed by atoms with Crippen molar-refractivity contribution in [2.24, 2.45) is 0 Å². The number of hydrogen-bond donors (Lipinski definition) is 0. The molecule has 1 aliphatic rings. The van der Waals surface area contributed by atoms with E-state index < -0.39 is 5.60 Å². The van der Waals surface area contributed by atoms with Gasteiger partial charge in [-0.2, -0.15) is 0 Å². The van der Waals surface area contributed by atoms with E-state index >= 15 is 0 Å². The number of hydrogen-bond acceptors (Lipinski definition) is 4. The van der Waals surface area contributed by atoms with Gasteiger partial charge in [-0.05, 0) is 52.5 Å². The minimum atomic E-state index is -0.476. The van der Waals surface area contributed by atoms with Gasteiger partial charge in [-0.1, -0.05) is 6.07 Å². The van der Waals surface area contributed by atoms with Crippen LogP contribution in [0.15, 0.2) is 18.3 Å². The number of nitrogens with zero attached hydrogens (tertiary/aromatic N) is 2. The van der Waals surface area contributed by atoms with Crippen LogP contribution in [0.3, 0.4) is 0 Å². The summed E-state index contributed by atoms with van der Waals surface area (Å²) in [6.45, 7) is 8.93.